The third-order valence-electron chi connectivity index (χ3n) is 4.60. The number of rotatable bonds is 7. The molecule has 0 heterocycles. The molecule has 25 heavy (non-hydrogen) atoms. The first-order valence-electron chi connectivity index (χ1n) is 8.73. The maximum absolute atomic E-state index is 12.3. The summed E-state index contributed by atoms with van der Waals surface area (Å²) in [4.78, 5) is 12.3. The third kappa shape index (κ3) is 5.92. The van der Waals surface area contributed by atoms with Gasteiger partial charge in [0, 0.05) is 30.2 Å². The summed E-state index contributed by atoms with van der Waals surface area (Å²) in [5, 5.41) is 3.67. The Kier molecular flexibility index (Phi) is 7.19. The molecule has 2 rings (SSSR count). The van der Waals surface area contributed by atoms with Crippen LogP contribution in [0.25, 0.3) is 0 Å². The lowest BCUT2D eigenvalue weighted by molar-refractivity contribution is 0.0956. The van der Waals surface area contributed by atoms with E-state index in [1.54, 1.807) is 18.2 Å². The summed E-state index contributed by atoms with van der Waals surface area (Å²) in [7, 11) is -1.86. The number of amides is 1. The van der Waals surface area contributed by atoms with E-state index in [0.29, 0.717) is 17.8 Å². The van der Waals surface area contributed by atoms with Crippen molar-refractivity contribution in [2.75, 3.05) is 29.9 Å². The number of anilines is 1. The van der Waals surface area contributed by atoms with E-state index in [0.717, 1.165) is 22.8 Å². The Balaban J connectivity index is 1.90. The van der Waals surface area contributed by atoms with Gasteiger partial charge in [-0.1, -0.05) is 25.3 Å². The van der Waals surface area contributed by atoms with Gasteiger partial charge in [0.1, 0.15) is 0 Å². The van der Waals surface area contributed by atoms with Crippen LogP contribution in [0.2, 0.25) is 0 Å². The molecule has 1 fully saturated rings. The van der Waals surface area contributed by atoms with E-state index < -0.39 is 10.0 Å². The molecular formula is C18H28N2O3S2. The molecule has 0 saturated heterocycles. The van der Waals surface area contributed by atoms with Crippen molar-refractivity contribution in [3.63, 3.8) is 0 Å². The second-order valence-corrected chi connectivity index (χ2v) is 10.0. The van der Waals surface area contributed by atoms with Crippen LogP contribution >= 0.6 is 11.8 Å². The first-order valence-corrected chi connectivity index (χ1v) is 11.6. The SMILES string of the molecule is Cc1ccc(C(=O)NCCSC2CCCCC2)cc1N(C)S(C)(=O)=O. The summed E-state index contributed by atoms with van der Waals surface area (Å²) in [5.74, 6) is 0.755. The van der Waals surface area contributed by atoms with Gasteiger partial charge in [0.2, 0.25) is 10.0 Å². The van der Waals surface area contributed by atoms with Gasteiger partial charge < -0.3 is 5.32 Å². The highest BCUT2D eigenvalue weighted by molar-refractivity contribution is 7.99. The molecule has 0 unspecified atom stereocenters. The highest BCUT2D eigenvalue weighted by Crippen LogP contribution is 2.27. The average Bonchev–Trinajstić information content (AvgIpc) is 2.58. The molecule has 0 aliphatic heterocycles. The van der Waals surface area contributed by atoms with Crippen molar-refractivity contribution >= 4 is 33.4 Å². The highest BCUT2D eigenvalue weighted by Gasteiger charge is 2.17. The first-order chi connectivity index (χ1) is 11.8. The Morgan fingerprint density at radius 1 is 1.28 bits per heavy atom. The molecule has 1 N–H and O–H groups in total. The number of nitrogens with zero attached hydrogens (tertiary/aromatic N) is 1. The van der Waals surface area contributed by atoms with Gasteiger partial charge in [0.05, 0.1) is 11.9 Å². The molecule has 0 aromatic heterocycles. The molecule has 1 amide bonds. The number of carbonyl (C=O) groups excluding carboxylic acids is 1. The van der Waals surface area contributed by atoms with E-state index in [-0.39, 0.29) is 5.91 Å². The third-order valence-corrected chi connectivity index (χ3v) is 7.18. The first kappa shape index (κ1) is 20.1. The van der Waals surface area contributed by atoms with Crippen LogP contribution in [0.1, 0.15) is 48.0 Å². The quantitative estimate of drug-likeness (QED) is 0.733. The number of nitrogens with one attached hydrogen (secondary N) is 1. The lowest BCUT2D eigenvalue weighted by atomic mass is 10.0. The fourth-order valence-electron chi connectivity index (χ4n) is 2.99. The summed E-state index contributed by atoms with van der Waals surface area (Å²) in [6.45, 7) is 2.46. The van der Waals surface area contributed by atoms with Crippen LogP contribution in [0.15, 0.2) is 18.2 Å². The Labute approximate surface area is 155 Å². The number of thioether (sulfide) groups is 1. The molecule has 7 heteroatoms. The van der Waals surface area contributed by atoms with Crippen LogP contribution < -0.4 is 9.62 Å². The minimum atomic E-state index is -3.36. The van der Waals surface area contributed by atoms with Crippen molar-refractivity contribution < 1.29 is 13.2 Å². The lowest BCUT2D eigenvalue weighted by Crippen LogP contribution is -2.28. The topological polar surface area (TPSA) is 66.5 Å². The Morgan fingerprint density at radius 2 is 1.96 bits per heavy atom. The molecule has 0 atom stereocenters. The molecule has 0 radical (unpaired) electrons. The molecule has 1 saturated carbocycles. The van der Waals surface area contributed by atoms with Gasteiger partial charge in [0.15, 0.2) is 0 Å². The zero-order valence-corrected chi connectivity index (χ0v) is 16.9. The van der Waals surface area contributed by atoms with Gasteiger partial charge in [-0.05, 0) is 37.5 Å². The van der Waals surface area contributed by atoms with Crippen molar-refractivity contribution in [1.29, 1.82) is 0 Å². The number of hydrogen-bond donors (Lipinski definition) is 1. The molecule has 5 nitrogen and oxygen atoms in total. The van der Waals surface area contributed by atoms with Crippen LogP contribution in [-0.2, 0) is 10.0 Å². The van der Waals surface area contributed by atoms with Gasteiger partial charge in [-0.3, -0.25) is 9.10 Å². The Morgan fingerprint density at radius 3 is 2.60 bits per heavy atom. The van der Waals surface area contributed by atoms with Crippen LogP contribution in [-0.4, -0.2) is 45.2 Å². The predicted octanol–water partition coefficient (Wildman–Crippen LogP) is 3.19. The van der Waals surface area contributed by atoms with Crippen LogP contribution in [0.5, 0.6) is 0 Å². The van der Waals surface area contributed by atoms with Gasteiger partial charge in [-0.25, -0.2) is 8.42 Å². The molecule has 1 aromatic carbocycles. The molecule has 0 bridgehead atoms. The Hall–Kier alpha value is -1.21. The standard InChI is InChI=1S/C18H28N2O3S2/c1-14-9-10-15(13-17(14)20(2)25(3,22)23)18(21)19-11-12-24-16-7-5-4-6-8-16/h9-10,13,16H,4-8,11-12H2,1-3H3,(H,19,21). The monoisotopic (exact) mass is 384 g/mol. The fraction of sp³-hybridized carbons (Fsp3) is 0.611. The molecule has 140 valence electrons. The smallest absolute Gasteiger partial charge is 0.251 e. The normalized spacial score (nSPS) is 15.8. The van der Waals surface area contributed by atoms with E-state index in [1.807, 2.05) is 18.7 Å². The second kappa shape index (κ2) is 8.94. The van der Waals surface area contributed by atoms with Crippen molar-refractivity contribution in [3.8, 4) is 0 Å². The predicted molar refractivity (Wildman–Crippen MR) is 106 cm³/mol. The summed E-state index contributed by atoms with van der Waals surface area (Å²) in [6, 6.07) is 5.15. The van der Waals surface area contributed by atoms with Gasteiger partial charge in [-0.15, -0.1) is 0 Å². The molecular weight excluding hydrogens is 356 g/mol. The lowest BCUT2D eigenvalue weighted by Gasteiger charge is -2.21. The fourth-order valence-corrected chi connectivity index (χ4v) is 4.77. The van der Waals surface area contributed by atoms with Crippen molar-refractivity contribution in [3.05, 3.63) is 29.3 Å². The van der Waals surface area contributed by atoms with E-state index in [4.69, 9.17) is 0 Å². The molecule has 1 aliphatic rings. The van der Waals surface area contributed by atoms with E-state index in [1.165, 1.54) is 43.5 Å². The summed E-state index contributed by atoms with van der Waals surface area (Å²) in [5.41, 5.74) is 1.84. The molecule has 1 aromatic rings. The second-order valence-electron chi connectivity index (χ2n) is 6.62. The van der Waals surface area contributed by atoms with E-state index >= 15 is 0 Å². The van der Waals surface area contributed by atoms with Crippen LogP contribution in [0.3, 0.4) is 0 Å². The summed E-state index contributed by atoms with van der Waals surface area (Å²) >= 11 is 1.95. The largest absolute Gasteiger partial charge is 0.351 e. The van der Waals surface area contributed by atoms with Crippen molar-refractivity contribution in [2.24, 2.45) is 0 Å². The van der Waals surface area contributed by atoms with Gasteiger partial charge >= 0.3 is 0 Å². The van der Waals surface area contributed by atoms with Crippen molar-refractivity contribution in [1.82, 2.24) is 5.32 Å². The number of aryl methyl sites for hydroxylation is 1. The minimum absolute atomic E-state index is 0.160. The van der Waals surface area contributed by atoms with Gasteiger partial charge in [-0.2, -0.15) is 11.8 Å². The number of sulfonamides is 1. The number of benzene rings is 1. The Bertz CT molecular complexity index is 698. The molecule has 0 spiro atoms. The summed E-state index contributed by atoms with van der Waals surface area (Å²) < 4.78 is 24.7. The van der Waals surface area contributed by atoms with Crippen molar-refractivity contribution in [2.45, 2.75) is 44.3 Å². The number of hydrogen-bond acceptors (Lipinski definition) is 4. The zero-order valence-electron chi connectivity index (χ0n) is 15.2. The van der Waals surface area contributed by atoms with E-state index in [2.05, 4.69) is 5.32 Å². The van der Waals surface area contributed by atoms with Crippen LogP contribution in [0.4, 0.5) is 5.69 Å². The maximum atomic E-state index is 12.3. The maximum Gasteiger partial charge on any atom is 0.251 e. The minimum Gasteiger partial charge on any atom is -0.351 e. The highest BCUT2D eigenvalue weighted by atomic mass is 32.2. The summed E-state index contributed by atoms with van der Waals surface area (Å²) in [6.07, 6.45) is 7.73. The van der Waals surface area contributed by atoms with Gasteiger partial charge in [0.25, 0.3) is 5.91 Å². The zero-order chi connectivity index (χ0) is 18.4. The molecule has 1 aliphatic carbocycles. The average molecular weight is 385 g/mol. The number of carbonyl (C=O) groups is 1. The van der Waals surface area contributed by atoms with Crippen LogP contribution in [0, 0.1) is 6.92 Å². The van der Waals surface area contributed by atoms with E-state index in [9.17, 15) is 13.2 Å².